The summed E-state index contributed by atoms with van der Waals surface area (Å²) in [5.41, 5.74) is 6.36. The molecule has 9 nitrogen and oxygen atoms in total. The second-order valence-corrected chi connectivity index (χ2v) is 5.06. The maximum Gasteiger partial charge on any atom is 0.271 e. The van der Waals surface area contributed by atoms with E-state index in [1.54, 1.807) is 25.3 Å². The Morgan fingerprint density at radius 2 is 2.12 bits per heavy atom. The highest BCUT2D eigenvalue weighted by Crippen LogP contribution is 2.32. The molecule has 128 valence electrons. The van der Waals surface area contributed by atoms with E-state index in [0.717, 1.165) is 0 Å². The van der Waals surface area contributed by atoms with Crippen LogP contribution in [0, 0.1) is 0 Å². The van der Waals surface area contributed by atoms with Crippen molar-refractivity contribution in [3.63, 3.8) is 0 Å². The highest BCUT2D eigenvalue weighted by atomic mass is 16.7. The third-order valence-corrected chi connectivity index (χ3v) is 3.52. The molecular weight excluding hydrogens is 316 g/mol. The number of aromatic amines is 1. The smallest absolute Gasteiger partial charge is 0.271 e. The number of primary amides is 1. The first-order valence-electron chi connectivity index (χ1n) is 7.44. The van der Waals surface area contributed by atoms with Crippen LogP contribution < -0.4 is 15.2 Å². The van der Waals surface area contributed by atoms with Gasteiger partial charge in [-0.25, -0.2) is 0 Å². The molecule has 1 aromatic carbocycles. The molecule has 0 saturated carbocycles. The van der Waals surface area contributed by atoms with E-state index in [4.69, 9.17) is 24.7 Å². The zero-order chi connectivity index (χ0) is 16.9. The number of H-pyrrole nitrogens is 1. The summed E-state index contributed by atoms with van der Waals surface area (Å²) in [6, 6.07) is 5.20. The van der Waals surface area contributed by atoms with Crippen LogP contribution in [-0.4, -0.2) is 54.5 Å². The van der Waals surface area contributed by atoms with Crippen molar-refractivity contribution >= 4 is 5.91 Å². The Kier molecular flexibility index (Phi) is 4.92. The van der Waals surface area contributed by atoms with Crippen LogP contribution in [0.5, 0.6) is 11.5 Å². The van der Waals surface area contributed by atoms with Crippen molar-refractivity contribution in [3.8, 4) is 22.8 Å². The van der Waals surface area contributed by atoms with Crippen LogP contribution in [0.1, 0.15) is 16.9 Å². The molecule has 1 aromatic heterocycles. The zero-order valence-corrected chi connectivity index (χ0v) is 13.2. The Morgan fingerprint density at radius 3 is 2.83 bits per heavy atom. The highest BCUT2D eigenvalue weighted by Gasteiger charge is 2.18. The van der Waals surface area contributed by atoms with Gasteiger partial charge in [-0.05, 0) is 18.2 Å². The lowest BCUT2D eigenvalue weighted by Crippen LogP contribution is -2.13. The van der Waals surface area contributed by atoms with Gasteiger partial charge in [0.25, 0.3) is 5.91 Å². The molecule has 1 amide bonds. The summed E-state index contributed by atoms with van der Waals surface area (Å²) in [5.74, 6) is 0.426. The van der Waals surface area contributed by atoms with E-state index in [9.17, 15) is 4.79 Å². The number of benzene rings is 1. The summed E-state index contributed by atoms with van der Waals surface area (Å²) in [6.07, 6.45) is 0.361. The SMILES string of the molecule is COc1ccc(-c2n[nH]nc2C(N)=O)cc1OCCC1OCCO1. The quantitative estimate of drug-likeness (QED) is 0.765. The van der Waals surface area contributed by atoms with Crippen LogP contribution in [0.4, 0.5) is 0 Å². The van der Waals surface area contributed by atoms with E-state index in [-0.39, 0.29) is 12.0 Å². The fraction of sp³-hybridized carbons (Fsp3) is 0.400. The molecule has 0 aliphatic carbocycles. The number of ether oxygens (including phenoxy) is 4. The van der Waals surface area contributed by atoms with Gasteiger partial charge in [0.2, 0.25) is 0 Å². The molecule has 9 heteroatoms. The number of nitrogens with one attached hydrogen (secondary N) is 1. The monoisotopic (exact) mass is 334 g/mol. The number of nitrogens with two attached hydrogens (primary N) is 1. The van der Waals surface area contributed by atoms with Crippen molar-refractivity contribution in [2.75, 3.05) is 26.9 Å². The molecule has 3 N–H and O–H groups in total. The Hall–Kier alpha value is -2.65. The van der Waals surface area contributed by atoms with Gasteiger partial charge in [-0.2, -0.15) is 15.4 Å². The number of carbonyl (C=O) groups excluding carboxylic acids is 1. The molecule has 1 aliphatic heterocycles. The van der Waals surface area contributed by atoms with Gasteiger partial charge < -0.3 is 24.7 Å². The summed E-state index contributed by atoms with van der Waals surface area (Å²) < 4.78 is 21.8. The molecule has 0 spiro atoms. The van der Waals surface area contributed by atoms with Crippen molar-refractivity contribution in [2.45, 2.75) is 12.7 Å². The number of hydrogen-bond acceptors (Lipinski definition) is 7. The number of hydrogen-bond donors (Lipinski definition) is 2. The second kappa shape index (κ2) is 7.28. The average Bonchev–Trinajstić information content (AvgIpc) is 3.26. The third kappa shape index (κ3) is 3.47. The van der Waals surface area contributed by atoms with Crippen LogP contribution in [0.15, 0.2) is 18.2 Å². The molecule has 24 heavy (non-hydrogen) atoms. The van der Waals surface area contributed by atoms with Gasteiger partial charge in [0.1, 0.15) is 5.69 Å². The van der Waals surface area contributed by atoms with E-state index in [1.165, 1.54) is 0 Å². The minimum Gasteiger partial charge on any atom is -0.493 e. The average molecular weight is 334 g/mol. The van der Waals surface area contributed by atoms with Crippen LogP contribution in [-0.2, 0) is 9.47 Å². The molecule has 1 saturated heterocycles. The van der Waals surface area contributed by atoms with Crippen molar-refractivity contribution in [3.05, 3.63) is 23.9 Å². The number of carbonyl (C=O) groups is 1. The second-order valence-electron chi connectivity index (χ2n) is 5.06. The van der Waals surface area contributed by atoms with Gasteiger partial charge in [0, 0.05) is 12.0 Å². The van der Waals surface area contributed by atoms with E-state index in [1.807, 2.05) is 0 Å². The molecule has 0 bridgehead atoms. The summed E-state index contributed by atoms with van der Waals surface area (Å²) in [7, 11) is 1.55. The van der Waals surface area contributed by atoms with Crippen LogP contribution in [0.25, 0.3) is 11.3 Å². The molecule has 0 unspecified atom stereocenters. The predicted octanol–water partition coefficient (Wildman–Crippen LogP) is 0.721. The largest absolute Gasteiger partial charge is 0.493 e. The number of nitrogens with zero attached hydrogens (tertiary/aromatic N) is 2. The maximum atomic E-state index is 11.4. The molecule has 3 rings (SSSR count). The summed E-state index contributed by atoms with van der Waals surface area (Å²) in [5, 5.41) is 10.1. The van der Waals surface area contributed by atoms with Gasteiger partial charge in [-0.3, -0.25) is 4.79 Å². The lowest BCUT2D eigenvalue weighted by atomic mass is 10.1. The van der Waals surface area contributed by atoms with Crippen LogP contribution in [0.3, 0.4) is 0 Å². The predicted molar refractivity (Wildman–Crippen MR) is 82.7 cm³/mol. The highest BCUT2D eigenvalue weighted by molar-refractivity contribution is 5.96. The van der Waals surface area contributed by atoms with Crippen molar-refractivity contribution in [2.24, 2.45) is 5.73 Å². The van der Waals surface area contributed by atoms with E-state index < -0.39 is 5.91 Å². The number of amides is 1. The fourth-order valence-corrected chi connectivity index (χ4v) is 2.38. The molecule has 1 aliphatic rings. The van der Waals surface area contributed by atoms with Gasteiger partial charge >= 0.3 is 0 Å². The first-order chi connectivity index (χ1) is 11.7. The first-order valence-corrected chi connectivity index (χ1v) is 7.44. The molecule has 2 heterocycles. The van der Waals surface area contributed by atoms with Crippen molar-refractivity contribution < 1.29 is 23.7 Å². The lowest BCUT2D eigenvalue weighted by Gasteiger charge is -2.13. The Morgan fingerprint density at radius 1 is 1.33 bits per heavy atom. The summed E-state index contributed by atoms with van der Waals surface area (Å²) >= 11 is 0. The van der Waals surface area contributed by atoms with Gasteiger partial charge in [0.15, 0.2) is 23.5 Å². The van der Waals surface area contributed by atoms with Crippen molar-refractivity contribution in [1.82, 2.24) is 15.4 Å². The molecule has 0 atom stereocenters. The van der Waals surface area contributed by atoms with Crippen LogP contribution in [0.2, 0.25) is 0 Å². The van der Waals surface area contributed by atoms with Gasteiger partial charge in [-0.1, -0.05) is 0 Å². The number of methoxy groups -OCH3 is 1. The minimum atomic E-state index is -0.660. The minimum absolute atomic E-state index is 0.0684. The van der Waals surface area contributed by atoms with Crippen LogP contribution >= 0.6 is 0 Å². The Bertz CT molecular complexity index is 712. The molecular formula is C15H18N4O5. The fourth-order valence-electron chi connectivity index (χ4n) is 2.38. The van der Waals surface area contributed by atoms with E-state index in [2.05, 4.69) is 15.4 Å². The maximum absolute atomic E-state index is 11.4. The van der Waals surface area contributed by atoms with Gasteiger partial charge in [0.05, 0.1) is 26.9 Å². The lowest BCUT2D eigenvalue weighted by molar-refractivity contribution is -0.0532. The first kappa shape index (κ1) is 16.2. The number of aromatic nitrogens is 3. The molecule has 2 aromatic rings. The van der Waals surface area contributed by atoms with Crippen molar-refractivity contribution in [1.29, 1.82) is 0 Å². The Labute approximate surface area is 138 Å². The third-order valence-electron chi connectivity index (χ3n) is 3.52. The van der Waals surface area contributed by atoms with E-state index >= 15 is 0 Å². The standard InChI is InChI=1S/C15H18N4O5/c1-21-10-3-2-9(13-14(15(16)20)18-19-17-13)8-11(10)22-5-4-12-23-6-7-24-12/h2-3,8,12H,4-7H2,1H3,(H2,16,20)(H,17,18,19). The van der Waals surface area contributed by atoms with Gasteiger partial charge in [-0.15, -0.1) is 0 Å². The Balaban J connectivity index is 1.77. The normalized spacial score (nSPS) is 14.7. The summed E-state index contributed by atoms with van der Waals surface area (Å²) in [4.78, 5) is 11.4. The number of rotatable bonds is 7. The topological polar surface area (TPSA) is 122 Å². The zero-order valence-electron chi connectivity index (χ0n) is 13.2. The van der Waals surface area contributed by atoms with E-state index in [0.29, 0.717) is 49.0 Å². The molecule has 0 radical (unpaired) electrons. The summed E-state index contributed by atoms with van der Waals surface area (Å²) in [6.45, 7) is 1.60. The molecule has 1 fully saturated rings.